The lowest BCUT2D eigenvalue weighted by Crippen LogP contribution is -2.39. The molecule has 1 aliphatic heterocycles. The third-order valence-electron chi connectivity index (χ3n) is 8.47. The molecule has 0 amide bonds. The highest BCUT2D eigenvalue weighted by molar-refractivity contribution is 5.91. The van der Waals surface area contributed by atoms with E-state index in [1.165, 1.54) is 36.8 Å². The molecule has 1 unspecified atom stereocenters. The summed E-state index contributed by atoms with van der Waals surface area (Å²) in [7, 11) is 0. The largest absolute Gasteiger partial charge is 0.399 e. The Hall–Kier alpha value is -2.76. The first-order valence-electron chi connectivity index (χ1n) is 13.8. The van der Waals surface area contributed by atoms with Gasteiger partial charge in [0, 0.05) is 18.3 Å². The number of nitrogens with one attached hydrogen (secondary N) is 1. The fourth-order valence-corrected chi connectivity index (χ4v) is 5.71. The molecule has 1 N–H and O–H groups in total. The SMILES string of the molecule is CCC1=C(C2C=CC(=CCC(=N)C(C)(C)C(F)(F)F)C=N2)C=C(C2CCCC2)Cc2cc(CC)c(F)cc21. The first-order chi connectivity index (χ1) is 18.0. The topological polar surface area (TPSA) is 36.2 Å². The van der Waals surface area contributed by atoms with Gasteiger partial charge in [0.15, 0.2) is 0 Å². The van der Waals surface area contributed by atoms with E-state index in [9.17, 15) is 17.6 Å². The first kappa shape index (κ1) is 28.3. The summed E-state index contributed by atoms with van der Waals surface area (Å²) in [5, 5.41) is 7.98. The van der Waals surface area contributed by atoms with Gasteiger partial charge in [-0.2, -0.15) is 13.2 Å². The predicted molar refractivity (Wildman–Crippen MR) is 148 cm³/mol. The van der Waals surface area contributed by atoms with Gasteiger partial charge in [-0.3, -0.25) is 4.99 Å². The van der Waals surface area contributed by atoms with E-state index in [0.717, 1.165) is 49.0 Å². The molecule has 1 heterocycles. The van der Waals surface area contributed by atoms with Crippen molar-refractivity contribution in [2.24, 2.45) is 16.3 Å². The molecule has 6 heteroatoms. The van der Waals surface area contributed by atoms with Crippen molar-refractivity contribution in [3.63, 3.8) is 0 Å². The Bertz CT molecular complexity index is 1220. The first-order valence-corrected chi connectivity index (χ1v) is 13.8. The summed E-state index contributed by atoms with van der Waals surface area (Å²) in [5.41, 5.74) is 4.60. The zero-order valence-corrected chi connectivity index (χ0v) is 22.8. The second-order valence-electron chi connectivity index (χ2n) is 11.2. The number of aliphatic imine (C=N–C) groups is 1. The van der Waals surface area contributed by atoms with Gasteiger partial charge >= 0.3 is 6.18 Å². The van der Waals surface area contributed by atoms with Gasteiger partial charge in [-0.05, 0) is 91.3 Å². The molecular weight excluding hydrogens is 488 g/mol. The second kappa shape index (κ2) is 11.2. The van der Waals surface area contributed by atoms with Crippen LogP contribution >= 0.6 is 0 Å². The maximum Gasteiger partial charge on any atom is 0.399 e. The maximum absolute atomic E-state index is 15.0. The molecule has 2 aliphatic carbocycles. The number of fused-ring (bicyclic) bond motifs is 1. The molecule has 3 aliphatic rings. The van der Waals surface area contributed by atoms with Gasteiger partial charge in [-0.25, -0.2) is 4.39 Å². The van der Waals surface area contributed by atoms with Crippen molar-refractivity contribution in [3.05, 3.63) is 75.7 Å². The van der Waals surface area contributed by atoms with E-state index in [1.807, 2.05) is 25.1 Å². The second-order valence-corrected chi connectivity index (χ2v) is 11.2. The lowest BCUT2D eigenvalue weighted by Gasteiger charge is -2.28. The number of halogens is 4. The number of rotatable bonds is 7. The molecule has 1 aromatic carbocycles. The van der Waals surface area contributed by atoms with Crippen LogP contribution in [0.25, 0.3) is 5.57 Å². The fraction of sp³-hybridized carbons (Fsp3) is 0.500. The maximum atomic E-state index is 15.0. The number of benzene rings is 1. The molecule has 0 bridgehead atoms. The molecule has 1 saturated carbocycles. The highest BCUT2D eigenvalue weighted by Crippen LogP contribution is 2.42. The molecule has 38 heavy (non-hydrogen) atoms. The van der Waals surface area contributed by atoms with Gasteiger partial charge in [0.05, 0.1) is 11.5 Å². The van der Waals surface area contributed by atoms with Gasteiger partial charge in [0.25, 0.3) is 0 Å². The van der Waals surface area contributed by atoms with E-state index in [0.29, 0.717) is 17.9 Å². The van der Waals surface area contributed by atoms with Crippen LogP contribution in [0.1, 0.15) is 82.9 Å². The number of alkyl halides is 3. The van der Waals surface area contributed by atoms with Gasteiger partial charge < -0.3 is 5.41 Å². The van der Waals surface area contributed by atoms with Gasteiger partial charge in [0.2, 0.25) is 0 Å². The van der Waals surface area contributed by atoms with Crippen LogP contribution in [0.3, 0.4) is 0 Å². The molecule has 1 fully saturated rings. The van der Waals surface area contributed by atoms with Crippen molar-refractivity contribution in [3.8, 4) is 0 Å². The normalized spacial score (nSPS) is 21.6. The van der Waals surface area contributed by atoms with E-state index in [-0.39, 0.29) is 24.0 Å². The lowest BCUT2D eigenvalue weighted by atomic mass is 9.84. The van der Waals surface area contributed by atoms with Gasteiger partial charge in [0.1, 0.15) is 5.82 Å². The van der Waals surface area contributed by atoms with Crippen molar-refractivity contribution in [1.82, 2.24) is 0 Å². The molecular formula is C32H38F4N2. The highest BCUT2D eigenvalue weighted by atomic mass is 19.4. The summed E-state index contributed by atoms with van der Waals surface area (Å²) in [6.45, 7) is 6.15. The number of aryl methyl sites for hydroxylation is 1. The molecule has 0 spiro atoms. The van der Waals surface area contributed by atoms with E-state index in [2.05, 4.69) is 13.0 Å². The molecule has 1 atom stereocenters. The molecule has 0 aromatic heterocycles. The summed E-state index contributed by atoms with van der Waals surface area (Å²) in [6.07, 6.45) is 11.9. The third kappa shape index (κ3) is 5.64. The Morgan fingerprint density at radius 2 is 1.82 bits per heavy atom. The van der Waals surface area contributed by atoms with Crippen LogP contribution in [0.2, 0.25) is 0 Å². The van der Waals surface area contributed by atoms with Crippen LogP contribution in [0.4, 0.5) is 17.6 Å². The summed E-state index contributed by atoms with van der Waals surface area (Å²) in [6, 6.07) is 3.50. The fourth-order valence-electron chi connectivity index (χ4n) is 5.71. The summed E-state index contributed by atoms with van der Waals surface area (Å²) in [4.78, 5) is 4.78. The van der Waals surface area contributed by atoms with E-state index in [1.54, 1.807) is 18.4 Å². The van der Waals surface area contributed by atoms with Crippen molar-refractivity contribution in [2.75, 3.05) is 0 Å². The zero-order valence-electron chi connectivity index (χ0n) is 22.8. The summed E-state index contributed by atoms with van der Waals surface area (Å²) in [5.74, 6) is 0.359. The molecule has 204 valence electrons. The Kier molecular flexibility index (Phi) is 8.29. The van der Waals surface area contributed by atoms with Crippen molar-refractivity contribution in [1.29, 1.82) is 5.41 Å². The number of hydrogen-bond donors (Lipinski definition) is 1. The smallest absolute Gasteiger partial charge is 0.308 e. The minimum atomic E-state index is -4.47. The molecule has 4 rings (SSSR count). The number of nitrogens with zero attached hydrogens (tertiary/aromatic N) is 1. The van der Waals surface area contributed by atoms with Gasteiger partial charge in [-0.15, -0.1) is 0 Å². The third-order valence-corrected chi connectivity index (χ3v) is 8.47. The standard InChI is InChI=1S/C32H38F4N2/c1-5-21-15-24-16-23(22-9-7-8-10-22)17-27(25(6-2)26(24)18-28(21)33)29-13-11-20(19-38-29)12-14-30(37)31(3,4)32(34,35)36/h11-13,15,17-19,22,29,37H,5-10,14,16H2,1-4H3. The van der Waals surface area contributed by atoms with Crippen LogP contribution in [-0.4, -0.2) is 24.1 Å². The number of hydrogen-bond acceptors (Lipinski definition) is 2. The average Bonchev–Trinajstić information content (AvgIpc) is 3.37. The average molecular weight is 527 g/mol. The Morgan fingerprint density at radius 3 is 2.39 bits per heavy atom. The van der Waals surface area contributed by atoms with Crippen LogP contribution in [0.15, 0.2) is 58.1 Å². The highest BCUT2D eigenvalue weighted by Gasteiger charge is 2.49. The number of allylic oxidation sites excluding steroid dienone is 5. The zero-order chi connectivity index (χ0) is 27.7. The van der Waals surface area contributed by atoms with Gasteiger partial charge in [-0.1, -0.05) is 62.6 Å². The van der Waals surface area contributed by atoms with Crippen LogP contribution < -0.4 is 0 Å². The summed E-state index contributed by atoms with van der Waals surface area (Å²) >= 11 is 0. The molecule has 0 saturated heterocycles. The van der Waals surface area contributed by atoms with Crippen LogP contribution in [0, 0.1) is 22.6 Å². The summed E-state index contributed by atoms with van der Waals surface area (Å²) < 4.78 is 54.8. The Morgan fingerprint density at radius 1 is 1.11 bits per heavy atom. The Labute approximate surface area is 223 Å². The lowest BCUT2D eigenvalue weighted by molar-refractivity contribution is -0.186. The van der Waals surface area contributed by atoms with Crippen molar-refractivity contribution >= 4 is 17.5 Å². The predicted octanol–water partition coefficient (Wildman–Crippen LogP) is 9.16. The quantitative estimate of drug-likeness (QED) is 0.272. The monoisotopic (exact) mass is 526 g/mol. The molecule has 0 radical (unpaired) electrons. The number of dihydropyridines is 1. The van der Waals surface area contributed by atoms with E-state index < -0.39 is 11.6 Å². The van der Waals surface area contributed by atoms with E-state index in [4.69, 9.17) is 10.4 Å². The van der Waals surface area contributed by atoms with Crippen molar-refractivity contribution < 1.29 is 17.6 Å². The molecule has 2 nitrogen and oxygen atoms in total. The minimum Gasteiger partial charge on any atom is -0.308 e. The minimum absolute atomic E-state index is 0.0933. The van der Waals surface area contributed by atoms with Crippen molar-refractivity contribution in [2.45, 2.75) is 91.3 Å². The van der Waals surface area contributed by atoms with E-state index >= 15 is 0 Å². The van der Waals surface area contributed by atoms with Crippen LogP contribution in [0.5, 0.6) is 0 Å². The molecule has 1 aromatic rings. The van der Waals surface area contributed by atoms with Crippen LogP contribution in [-0.2, 0) is 12.8 Å². The Balaban J connectivity index is 1.67.